The molecule has 0 bridgehead atoms. The molecule has 1 aromatic carbocycles. The van der Waals surface area contributed by atoms with E-state index in [9.17, 15) is 14.4 Å². The minimum Gasteiger partial charge on any atom is -0.350 e. The van der Waals surface area contributed by atoms with Crippen LogP contribution in [0, 0.1) is 0 Å². The molecule has 0 saturated heterocycles. The molecule has 0 unspecified atom stereocenters. The summed E-state index contributed by atoms with van der Waals surface area (Å²) < 4.78 is 0. The molecule has 1 aromatic rings. The Bertz CT molecular complexity index is 612. The molecule has 0 radical (unpaired) electrons. The average Bonchev–Trinajstić information content (AvgIpc) is 2.40. The molecule has 0 aromatic heterocycles. The molecule has 126 valence electrons. The van der Waals surface area contributed by atoms with Crippen LogP contribution >= 0.6 is 23.2 Å². The maximum absolute atomic E-state index is 11.9. The van der Waals surface area contributed by atoms with Gasteiger partial charge in [-0.15, -0.1) is 0 Å². The fourth-order valence-electron chi connectivity index (χ4n) is 1.63. The van der Waals surface area contributed by atoms with Crippen molar-refractivity contribution in [3.8, 4) is 0 Å². The van der Waals surface area contributed by atoms with Gasteiger partial charge in [-0.05, 0) is 39.0 Å². The van der Waals surface area contributed by atoms with Crippen molar-refractivity contribution in [2.24, 2.45) is 0 Å². The lowest BCUT2D eigenvalue weighted by Gasteiger charge is -2.20. The average molecular weight is 360 g/mol. The van der Waals surface area contributed by atoms with E-state index in [2.05, 4.69) is 16.0 Å². The van der Waals surface area contributed by atoms with E-state index in [0.717, 1.165) is 0 Å². The van der Waals surface area contributed by atoms with Gasteiger partial charge in [-0.25, -0.2) is 0 Å². The van der Waals surface area contributed by atoms with Gasteiger partial charge in [-0.1, -0.05) is 23.2 Å². The number of halogens is 2. The van der Waals surface area contributed by atoms with Crippen LogP contribution in [0.2, 0.25) is 10.0 Å². The van der Waals surface area contributed by atoms with Crippen LogP contribution in [0.3, 0.4) is 0 Å². The summed E-state index contributed by atoms with van der Waals surface area (Å²) >= 11 is 11.7. The Morgan fingerprint density at radius 1 is 1.00 bits per heavy atom. The van der Waals surface area contributed by atoms with E-state index in [0.29, 0.717) is 5.02 Å². The van der Waals surface area contributed by atoms with Crippen LogP contribution in [0.25, 0.3) is 0 Å². The normalized spacial score (nSPS) is 10.8. The summed E-state index contributed by atoms with van der Waals surface area (Å²) in [5.74, 6) is -1.29. The van der Waals surface area contributed by atoms with Crippen LogP contribution in [-0.2, 0) is 9.59 Å². The highest BCUT2D eigenvalue weighted by Crippen LogP contribution is 2.20. The zero-order valence-electron chi connectivity index (χ0n) is 13.1. The fourth-order valence-corrected chi connectivity index (χ4v) is 2.13. The molecule has 0 aliphatic heterocycles. The summed E-state index contributed by atoms with van der Waals surface area (Å²) in [5.41, 5.74) is -0.157. The van der Waals surface area contributed by atoms with E-state index < -0.39 is 11.8 Å². The largest absolute Gasteiger partial charge is 0.350 e. The number of benzene rings is 1. The first kappa shape index (κ1) is 19.3. The first-order chi connectivity index (χ1) is 10.6. The van der Waals surface area contributed by atoms with Crippen LogP contribution in [0.15, 0.2) is 18.2 Å². The standard InChI is InChI=1S/C15H19Cl2N3O3/c1-15(2,3)20-13(22)8-18-12(21)7-19-14(23)10-5-4-9(16)6-11(10)17/h4-6H,7-8H2,1-3H3,(H,18,21)(H,19,23)(H,20,22). The number of rotatable bonds is 5. The smallest absolute Gasteiger partial charge is 0.253 e. The van der Waals surface area contributed by atoms with E-state index >= 15 is 0 Å². The van der Waals surface area contributed by atoms with Crippen molar-refractivity contribution in [2.45, 2.75) is 26.3 Å². The Hall–Kier alpha value is -1.79. The van der Waals surface area contributed by atoms with E-state index in [1.165, 1.54) is 18.2 Å². The number of carbonyl (C=O) groups is 3. The monoisotopic (exact) mass is 359 g/mol. The molecule has 0 saturated carbocycles. The van der Waals surface area contributed by atoms with Crippen molar-refractivity contribution in [1.82, 2.24) is 16.0 Å². The third-order valence-corrected chi connectivity index (χ3v) is 3.09. The molecule has 8 heteroatoms. The minimum absolute atomic E-state index is 0.159. The van der Waals surface area contributed by atoms with Crippen LogP contribution in [0.5, 0.6) is 0 Å². The highest BCUT2D eigenvalue weighted by Gasteiger charge is 2.15. The molecule has 0 aliphatic carbocycles. The van der Waals surface area contributed by atoms with Crippen molar-refractivity contribution in [1.29, 1.82) is 0 Å². The molecule has 0 atom stereocenters. The van der Waals surface area contributed by atoms with Crippen LogP contribution in [-0.4, -0.2) is 36.3 Å². The molecule has 0 aliphatic rings. The molecular formula is C15H19Cl2N3O3. The summed E-state index contributed by atoms with van der Waals surface area (Å²) in [4.78, 5) is 35.1. The summed E-state index contributed by atoms with van der Waals surface area (Å²) in [6, 6.07) is 4.43. The molecular weight excluding hydrogens is 341 g/mol. The second kappa shape index (κ2) is 8.17. The first-order valence-electron chi connectivity index (χ1n) is 6.89. The maximum Gasteiger partial charge on any atom is 0.253 e. The zero-order chi connectivity index (χ0) is 17.6. The van der Waals surface area contributed by atoms with E-state index in [1.54, 1.807) is 0 Å². The Balaban J connectivity index is 2.41. The fraction of sp³-hybridized carbons (Fsp3) is 0.400. The SMILES string of the molecule is CC(C)(C)NC(=O)CNC(=O)CNC(=O)c1ccc(Cl)cc1Cl. The third-order valence-electron chi connectivity index (χ3n) is 2.55. The molecule has 3 amide bonds. The first-order valence-corrected chi connectivity index (χ1v) is 7.65. The van der Waals surface area contributed by atoms with Crippen molar-refractivity contribution in [2.75, 3.05) is 13.1 Å². The Kier molecular flexibility index (Phi) is 6.84. The van der Waals surface area contributed by atoms with Crippen LogP contribution in [0.4, 0.5) is 0 Å². The molecule has 0 fully saturated rings. The number of hydrogen-bond acceptors (Lipinski definition) is 3. The third kappa shape index (κ3) is 7.34. The highest BCUT2D eigenvalue weighted by molar-refractivity contribution is 6.36. The zero-order valence-corrected chi connectivity index (χ0v) is 14.6. The summed E-state index contributed by atoms with van der Waals surface area (Å²) in [6.45, 7) is 5.09. The van der Waals surface area contributed by atoms with Crippen molar-refractivity contribution in [3.63, 3.8) is 0 Å². The number of amides is 3. The van der Waals surface area contributed by atoms with Crippen molar-refractivity contribution < 1.29 is 14.4 Å². The van der Waals surface area contributed by atoms with E-state index in [4.69, 9.17) is 23.2 Å². The van der Waals surface area contributed by atoms with E-state index in [-0.39, 0.29) is 35.1 Å². The summed E-state index contributed by atoms with van der Waals surface area (Å²) in [7, 11) is 0. The van der Waals surface area contributed by atoms with Gasteiger partial charge in [0.05, 0.1) is 23.7 Å². The van der Waals surface area contributed by atoms with Gasteiger partial charge in [-0.2, -0.15) is 0 Å². The van der Waals surface area contributed by atoms with Gasteiger partial charge in [0.15, 0.2) is 0 Å². The molecule has 23 heavy (non-hydrogen) atoms. The number of nitrogens with one attached hydrogen (secondary N) is 3. The predicted molar refractivity (Wildman–Crippen MR) is 89.7 cm³/mol. The van der Waals surface area contributed by atoms with Crippen LogP contribution < -0.4 is 16.0 Å². The Labute approximate surface area is 144 Å². The summed E-state index contributed by atoms with van der Waals surface area (Å²) in [5, 5.41) is 8.15. The number of hydrogen-bond donors (Lipinski definition) is 3. The lowest BCUT2D eigenvalue weighted by molar-refractivity contribution is -0.126. The Morgan fingerprint density at radius 2 is 1.61 bits per heavy atom. The molecule has 3 N–H and O–H groups in total. The Morgan fingerprint density at radius 3 is 2.17 bits per heavy atom. The second-order valence-corrected chi connectivity index (χ2v) is 6.73. The van der Waals surface area contributed by atoms with Gasteiger partial charge in [0.2, 0.25) is 11.8 Å². The second-order valence-electron chi connectivity index (χ2n) is 5.88. The molecule has 0 spiro atoms. The van der Waals surface area contributed by atoms with Crippen molar-refractivity contribution in [3.05, 3.63) is 33.8 Å². The quantitative estimate of drug-likeness (QED) is 0.748. The van der Waals surface area contributed by atoms with Crippen LogP contribution in [0.1, 0.15) is 31.1 Å². The molecule has 1 rings (SSSR count). The minimum atomic E-state index is -0.499. The van der Waals surface area contributed by atoms with Crippen molar-refractivity contribution >= 4 is 40.9 Å². The van der Waals surface area contributed by atoms with Gasteiger partial charge >= 0.3 is 0 Å². The number of carbonyl (C=O) groups excluding carboxylic acids is 3. The van der Waals surface area contributed by atoms with Gasteiger partial charge in [0.1, 0.15) is 0 Å². The maximum atomic E-state index is 11.9. The predicted octanol–water partition coefficient (Wildman–Crippen LogP) is 1.75. The molecule has 6 nitrogen and oxygen atoms in total. The lowest BCUT2D eigenvalue weighted by Crippen LogP contribution is -2.47. The topological polar surface area (TPSA) is 87.3 Å². The highest BCUT2D eigenvalue weighted by atomic mass is 35.5. The lowest BCUT2D eigenvalue weighted by atomic mass is 10.1. The van der Waals surface area contributed by atoms with Gasteiger partial charge < -0.3 is 16.0 Å². The van der Waals surface area contributed by atoms with Gasteiger partial charge in [0.25, 0.3) is 5.91 Å². The van der Waals surface area contributed by atoms with E-state index in [1.807, 2.05) is 20.8 Å². The van der Waals surface area contributed by atoms with Gasteiger partial charge in [0, 0.05) is 10.6 Å². The van der Waals surface area contributed by atoms with Gasteiger partial charge in [-0.3, -0.25) is 14.4 Å². The molecule has 0 heterocycles. The summed E-state index contributed by atoms with van der Waals surface area (Å²) in [6.07, 6.45) is 0.